The predicted molar refractivity (Wildman–Crippen MR) is 63.6 cm³/mol. The first-order valence-electron chi connectivity index (χ1n) is 5.65. The van der Waals surface area contributed by atoms with Crippen molar-refractivity contribution in [3.8, 4) is 0 Å². The Labute approximate surface area is 93.2 Å². The molecule has 4 nitrogen and oxygen atoms in total. The fourth-order valence-corrected chi connectivity index (χ4v) is 1.58. The highest BCUT2D eigenvalue weighted by Gasteiger charge is 2.13. The molecule has 0 aliphatic rings. The molecular formula is C11H25N3O. The van der Waals surface area contributed by atoms with Crippen LogP contribution in [-0.2, 0) is 4.79 Å². The van der Waals surface area contributed by atoms with Gasteiger partial charge in [-0.3, -0.25) is 9.69 Å². The number of hydrogen-bond acceptors (Lipinski definition) is 3. The topological polar surface area (TPSA) is 58.4 Å². The molecule has 0 saturated heterocycles. The first-order chi connectivity index (χ1) is 6.86. The number of nitrogens with two attached hydrogens (primary N) is 1. The molecule has 0 aliphatic carbocycles. The number of nitrogens with one attached hydrogen (secondary N) is 1. The van der Waals surface area contributed by atoms with Crippen LogP contribution in [0.15, 0.2) is 0 Å². The summed E-state index contributed by atoms with van der Waals surface area (Å²) in [6.45, 7) is 11.9. The zero-order chi connectivity index (χ0) is 12.0. The highest BCUT2D eigenvalue weighted by molar-refractivity contribution is 5.80. The van der Waals surface area contributed by atoms with Gasteiger partial charge in [0.1, 0.15) is 0 Å². The summed E-state index contributed by atoms with van der Waals surface area (Å²) in [5, 5.41) is 2.82. The van der Waals surface area contributed by atoms with Crippen LogP contribution >= 0.6 is 0 Å². The van der Waals surface area contributed by atoms with Crippen molar-refractivity contribution in [3.63, 3.8) is 0 Å². The van der Waals surface area contributed by atoms with E-state index in [0.717, 1.165) is 6.54 Å². The van der Waals surface area contributed by atoms with Gasteiger partial charge in [0.25, 0.3) is 0 Å². The predicted octanol–water partition coefficient (Wildman–Crippen LogP) is 0.569. The summed E-state index contributed by atoms with van der Waals surface area (Å²) in [7, 11) is 0. The van der Waals surface area contributed by atoms with Crippen molar-refractivity contribution < 1.29 is 4.79 Å². The molecule has 0 aromatic carbocycles. The van der Waals surface area contributed by atoms with Gasteiger partial charge in [-0.15, -0.1) is 0 Å². The lowest BCUT2D eigenvalue weighted by atomic mass is 10.2. The van der Waals surface area contributed by atoms with Gasteiger partial charge in [0.15, 0.2) is 0 Å². The van der Waals surface area contributed by atoms with E-state index in [2.05, 4.69) is 37.9 Å². The van der Waals surface area contributed by atoms with Crippen molar-refractivity contribution in [3.05, 3.63) is 0 Å². The average Bonchev–Trinajstić information content (AvgIpc) is 2.10. The molecule has 0 aliphatic heterocycles. The molecule has 15 heavy (non-hydrogen) atoms. The zero-order valence-corrected chi connectivity index (χ0v) is 10.6. The first-order valence-corrected chi connectivity index (χ1v) is 5.65. The van der Waals surface area contributed by atoms with Crippen molar-refractivity contribution in [1.29, 1.82) is 0 Å². The highest BCUT2D eigenvalue weighted by atomic mass is 16.2. The summed E-state index contributed by atoms with van der Waals surface area (Å²) in [6.07, 6.45) is 0. The van der Waals surface area contributed by atoms with E-state index in [1.54, 1.807) is 6.92 Å². The van der Waals surface area contributed by atoms with Gasteiger partial charge >= 0.3 is 0 Å². The van der Waals surface area contributed by atoms with Crippen LogP contribution in [0.4, 0.5) is 0 Å². The SMILES string of the molecule is CC(N)C(=O)NCCN(C(C)C)C(C)C. The van der Waals surface area contributed by atoms with E-state index in [1.807, 2.05) is 0 Å². The van der Waals surface area contributed by atoms with E-state index in [1.165, 1.54) is 0 Å². The number of carbonyl (C=O) groups excluding carboxylic acids is 1. The lowest BCUT2D eigenvalue weighted by Crippen LogP contribution is -2.45. The smallest absolute Gasteiger partial charge is 0.236 e. The van der Waals surface area contributed by atoms with Gasteiger partial charge in [0.05, 0.1) is 6.04 Å². The number of carbonyl (C=O) groups is 1. The minimum absolute atomic E-state index is 0.0811. The second kappa shape index (κ2) is 6.80. The molecule has 4 heteroatoms. The van der Waals surface area contributed by atoms with E-state index in [0.29, 0.717) is 18.6 Å². The maximum absolute atomic E-state index is 11.2. The molecule has 0 saturated carbocycles. The highest BCUT2D eigenvalue weighted by Crippen LogP contribution is 2.03. The summed E-state index contributed by atoms with van der Waals surface area (Å²) in [6, 6.07) is 0.575. The molecule has 0 spiro atoms. The molecule has 0 aromatic rings. The Morgan fingerprint density at radius 2 is 1.67 bits per heavy atom. The zero-order valence-electron chi connectivity index (χ0n) is 10.6. The molecule has 3 N–H and O–H groups in total. The first kappa shape index (κ1) is 14.4. The van der Waals surface area contributed by atoms with Crippen LogP contribution in [-0.4, -0.2) is 42.0 Å². The van der Waals surface area contributed by atoms with Crippen LogP contribution in [0.5, 0.6) is 0 Å². The Morgan fingerprint density at radius 1 is 1.20 bits per heavy atom. The number of amides is 1. The molecule has 90 valence electrons. The Bertz CT molecular complexity index is 182. The average molecular weight is 215 g/mol. The van der Waals surface area contributed by atoms with Crippen LogP contribution in [0, 0.1) is 0 Å². The van der Waals surface area contributed by atoms with Gasteiger partial charge in [-0.2, -0.15) is 0 Å². The summed E-state index contributed by atoms with van der Waals surface area (Å²) in [5.74, 6) is -0.0811. The fraction of sp³-hybridized carbons (Fsp3) is 0.909. The normalized spacial score (nSPS) is 13.7. The van der Waals surface area contributed by atoms with Gasteiger partial charge in [-0.1, -0.05) is 0 Å². The molecule has 1 amide bonds. The van der Waals surface area contributed by atoms with Crippen LogP contribution in [0.3, 0.4) is 0 Å². The Morgan fingerprint density at radius 3 is 2.00 bits per heavy atom. The van der Waals surface area contributed by atoms with E-state index in [-0.39, 0.29) is 5.91 Å². The molecule has 0 radical (unpaired) electrons. The summed E-state index contributed by atoms with van der Waals surface area (Å²) in [4.78, 5) is 13.5. The third-order valence-electron chi connectivity index (χ3n) is 2.41. The van der Waals surface area contributed by atoms with Crippen LogP contribution < -0.4 is 11.1 Å². The van der Waals surface area contributed by atoms with Gasteiger partial charge in [-0.05, 0) is 34.6 Å². The van der Waals surface area contributed by atoms with E-state index in [4.69, 9.17) is 5.73 Å². The largest absolute Gasteiger partial charge is 0.353 e. The molecule has 0 heterocycles. The Balaban J connectivity index is 3.87. The standard InChI is InChI=1S/C11H25N3O/c1-8(2)14(9(3)4)7-6-13-11(15)10(5)12/h8-10H,6-7,12H2,1-5H3,(H,13,15). The summed E-state index contributed by atoms with van der Waals surface area (Å²) < 4.78 is 0. The quantitative estimate of drug-likeness (QED) is 0.681. The minimum Gasteiger partial charge on any atom is -0.353 e. The molecule has 0 aromatic heterocycles. The third-order valence-corrected chi connectivity index (χ3v) is 2.41. The second-order valence-corrected chi connectivity index (χ2v) is 4.51. The lowest BCUT2D eigenvalue weighted by molar-refractivity contribution is -0.122. The number of nitrogens with zero attached hydrogens (tertiary/aromatic N) is 1. The van der Waals surface area contributed by atoms with E-state index >= 15 is 0 Å². The molecule has 0 fully saturated rings. The van der Waals surface area contributed by atoms with Gasteiger partial charge in [0, 0.05) is 25.2 Å². The number of rotatable bonds is 6. The van der Waals surface area contributed by atoms with Crippen molar-refractivity contribution in [2.45, 2.75) is 52.7 Å². The third kappa shape index (κ3) is 5.74. The molecular weight excluding hydrogens is 190 g/mol. The maximum atomic E-state index is 11.2. The van der Waals surface area contributed by atoms with E-state index < -0.39 is 6.04 Å². The molecule has 0 rings (SSSR count). The molecule has 0 bridgehead atoms. The number of hydrogen-bond donors (Lipinski definition) is 2. The van der Waals surface area contributed by atoms with E-state index in [9.17, 15) is 4.79 Å². The van der Waals surface area contributed by atoms with Crippen LogP contribution in [0.25, 0.3) is 0 Å². The Kier molecular flexibility index (Phi) is 6.52. The monoisotopic (exact) mass is 215 g/mol. The summed E-state index contributed by atoms with van der Waals surface area (Å²) in [5.41, 5.74) is 5.45. The minimum atomic E-state index is -0.420. The molecule has 1 unspecified atom stereocenters. The lowest BCUT2D eigenvalue weighted by Gasteiger charge is -2.30. The van der Waals surface area contributed by atoms with Gasteiger partial charge in [0.2, 0.25) is 5.91 Å². The van der Waals surface area contributed by atoms with Crippen molar-refractivity contribution >= 4 is 5.91 Å². The van der Waals surface area contributed by atoms with Crippen molar-refractivity contribution in [1.82, 2.24) is 10.2 Å². The van der Waals surface area contributed by atoms with Gasteiger partial charge in [-0.25, -0.2) is 0 Å². The van der Waals surface area contributed by atoms with Gasteiger partial charge < -0.3 is 11.1 Å². The van der Waals surface area contributed by atoms with Crippen LogP contribution in [0.2, 0.25) is 0 Å². The van der Waals surface area contributed by atoms with Crippen molar-refractivity contribution in [2.24, 2.45) is 5.73 Å². The Hall–Kier alpha value is -0.610. The maximum Gasteiger partial charge on any atom is 0.236 e. The summed E-state index contributed by atoms with van der Waals surface area (Å²) >= 11 is 0. The molecule has 1 atom stereocenters. The van der Waals surface area contributed by atoms with Crippen LogP contribution in [0.1, 0.15) is 34.6 Å². The second-order valence-electron chi connectivity index (χ2n) is 4.51. The van der Waals surface area contributed by atoms with Crippen molar-refractivity contribution in [2.75, 3.05) is 13.1 Å². The fourth-order valence-electron chi connectivity index (χ4n) is 1.58.